The van der Waals surface area contributed by atoms with Crippen molar-refractivity contribution < 1.29 is 9.15 Å². The molecule has 0 aliphatic rings. The number of nitrogens with one attached hydrogen (secondary N) is 1. The Morgan fingerprint density at radius 1 is 1.75 bits per heavy atom. The Hall–Kier alpha value is -1.29. The van der Waals surface area contributed by atoms with Gasteiger partial charge in [0.1, 0.15) is 5.76 Å². The molecule has 0 amide bonds. The molecule has 0 spiro atoms. The highest BCUT2D eigenvalue weighted by Crippen LogP contribution is 2.11. The van der Waals surface area contributed by atoms with Crippen molar-refractivity contribution in [2.24, 2.45) is 5.73 Å². The van der Waals surface area contributed by atoms with Crippen LogP contribution in [0.4, 0.5) is 0 Å². The molecule has 0 atom stereocenters. The summed E-state index contributed by atoms with van der Waals surface area (Å²) in [6, 6.07) is 1.82. The van der Waals surface area contributed by atoms with Crippen LogP contribution in [-0.2, 0) is 17.8 Å². The van der Waals surface area contributed by atoms with E-state index in [1.807, 2.05) is 6.07 Å². The lowest BCUT2D eigenvalue weighted by Gasteiger charge is -1.99. The fourth-order valence-electron chi connectivity index (χ4n) is 0.979. The molecule has 3 N–H and O–H groups in total. The van der Waals surface area contributed by atoms with E-state index in [0.717, 1.165) is 5.56 Å². The second kappa shape index (κ2) is 3.92. The summed E-state index contributed by atoms with van der Waals surface area (Å²) in [7, 11) is 1.62. The van der Waals surface area contributed by atoms with Gasteiger partial charge in [-0.1, -0.05) is 0 Å². The number of amidine groups is 1. The minimum atomic E-state index is 0.0994. The average molecular weight is 168 g/mol. The summed E-state index contributed by atoms with van der Waals surface area (Å²) in [6.45, 7) is 0.499. The maximum absolute atomic E-state index is 7.08. The first-order valence-corrected chi connectivity index (χ1v) is 3.61. The van der Waals surface area contributed by atoms with Gasteiger partial charge in [0, 0.05) is 12.7 Å². The van der Waals surface area contributed by atoms with Crippen LogP contribution in [0.15, 0.2) is 16.7 Å². The quantitative estimate of drug-likeness (QED) is 0.518. The van der Waals surface area contributed by atoms with Gasteiger partial charge in [-0.05, 0) is 6.07 Å². The van der Waals surface area contributed by atoms with Crippen LogP contribution in [0.25, 0.3) is 0 Å². The van der Waals surface area contributed by atoms with E-state index in [0.29, 0.717) is 18.8 Å². The fourth-order valence-corrected chi connectivity index (χ4v) is 0.979. The maximum atomic E-state index is 7.08. The van der Waals surface area contributed by atoms with E-state index < -0.39 is 0 Å². The molecule has 0 saturated carbocycles. The van der Waals surface area contributed by atoms with Crippen LogP contribution in [0.3, 0.4) is 0 Å². The van der Waals surface area contributed by atoms with Crippen LogP contribution in [0.1, 0.15) is 11.3 Å². The van der Waals surface area contributed by atoms with Crippen molar-refractivity contribution in [3.05, 3.63) is 23.7 Å². The summed E-state index contributed by atoms with van der Waals surface area (Å²) in [5.74, 6) is 0.812. The highest BCUT2D eigenvalue weighted by atomic mass is 16.5. The Kier molecular flexibility index (Phi) is 2.88. The molecule has 0 bridgehead atoms. The van der Waals surface area contributed by atoms with Crippen molar-refractivity contribution in [3.63, 3.8) is 0 Å². The third kappa shape index (κ3) is 2.10. The fraction of sp³-hybridized carbons (Fsp3) is 0.375. The monoisotopic (exact) mass is 168 g/mol. The lowest BCUT2D eigenvalue weighted by Crippen LogP contribution is -2.13. The van der Waals surface area contributed by atoms with Crippen molar-refractivity contribution in [2.45, 2.75) is 13.0 Å². The van der Waals surface area contributed by atoms with Gasteiger partial charge in [-0.3, -0.25) is 5.41 Å². The van der Waals surface area contributed by atoms with Gasteiger partial charge in [0.05, 0.1) is 25.1 Å². The van der Waals surface area contributed by atoms with Gasteiger partial charge in [0.25, 0.3) is 0 Å². The normalized spacial score (nSPS) is 10.1. The predicted molar refractivity (Wildman–Crippen MR) is 45.0 cm³/mol. The molecule has 0 fully saturated rings. The second-order valence-corrected chi connectivity index (χ2v) is 2.50. The van der Waals surface area contributed by atoms with Crippen molar-refractivity contribution in [3.8, 4) is 0 Å². The van der Waals surface area contributed by atoms with Crippen LogP contribution < -0.4 is 5.73 Å². The number of methoxy groups -OCH3 is 1. The summed E-state index contributed by atoms with van der Waals surface area (Å²) < 4.78 is 10.1. The number of nitrogens with two attached hydrogens (primary N) is 1. The molecule has 0 unspecified atom stereocenters. The van der Waals surface area contributed by atoms with E-state index in [2.05, 4.69) is 0 Å². The maximum Gasteiger partial charge on any atom is 0.116 e. The van der Waals surface area contributed by atoms with Crippen LogP contribution in [0.5, 0.6) is 0 Å². The highest BCUT2D eigenvalue weighted by Gasteiger charge is 2.06. The summed E-state index contributed by atoms with van der Waals surface area (Å²) in [5, 5.41) is 7.08. The molecule has 0 radical (unpaired) electrons. The van der Waals surface area contributed by atoms with Gasteiger partial charge in [0.2, 0.25) is 0 Å². The first-order chi connectivity index (χ1) is 5.74. The Bertz CT molecular complexity index is 268. The van der Waals surface area contributed by atoms with Crippen molar-refractivity contribution in [1.82, 2.24) is 0 Å². The minimum Gasteiger partial charge on any atom is -0.468 e. The Morgan fingerprint density at radius 2 is 2.50 bits per heavy atom. The van der Waals surface area contributed by atoms with Gasteiger partial charge >= 0.3 is 0 Å². The predicted octanol–water partition coefficient (Wildman–Crippen LogP) is 0.904. The topological polar surface area (TPSA) is 72.2 Å². The number of ether oxygens (including phenoxy) is 1. The third-order valence-electron chi connectivity index (χ3n) is 1.49. The number of furan rings is 1. The first kappa shape index (κ1) is 8.80. The van der Waals surface area contributed by atoms with Crippen LogP contribution >= 0.6 is 0 Å². The third-order valence-corrected chi connectivity index (χ3v) is 1.49. The van der Waals surface area contributed by atoms with Crippen LogP contribution in [0, 0.1) is 5.41 Å². The zero-order chi connectivity index (χ0) is 8.97. The number of hydrogen-bond donors (Lipinski definition) is 2. The molecule has 4 heteroatoms. The molecule has 12 heavy (non-hydrogen) atoms. The molecule has 66 valence electrons. The number of rotatable bonds is 4. The molecular formula is C8H12N2O2. The molecule has 0 aromatic carbocycles. The summed E-state index contributed by atoms with van der Waals surface area (Å²) in [6.07, 6.45) is 1.93. The molecule has 1 aromatic heterocycles. The average Bonchev–Trinajstić information content (AvgIpc) is 2.37. The Morgan fingerprint density at radius 3 is 3.08 bits per heavy atom. The molecule has 4 nitrogen and oxygen atoms in total. The van der Waals surface area contributed by atoms with E-state index in [-0.39, 0.29) is 5.84 Å². The molecule has 1 aromatic rings. The van der Waals surface area contributed by atoms with Gasteiger partial charge < -0.3 is 14.9 Å². The molecular weight excluding hydrogens is 156 g/mol. The molecule has 1 rings (SSSR count). The SMILES string of the molecule is COCc1ccoc1CC(=N)N. The van der Waals surface area contributed by atoms with E-state index in [1.165, 1.54) is 0 Å². The van der Waals surface area contributed by atoms with Gasteiger partial charge in [-0.25, -0.2) is 0 Å². The second-order valence-electron chi connectivity index (χ2n) is 2.50. The smallest absolute Gasteiger partial charge is 0.116 e. The van der Waals surface area contributed by atoms with E-state index in [4.69, 9.17) is 20.3 Å². The van der Waals surface area contributed by atoms with Crippen LogP contribution in [0.2, 0.25) is 0 Å². The van der Waals surface area contributed by atoms with Crippen molar-refractivity contribution in [2.75, 3.05) is 7.11 Å². The first-order valence-electron chi connectivity index (χ1n) is 3.61. The summed E-state index contributed by atoms with van der Waals surface area (Å²) >= 11 is 0. The van der Waals surface area contributed by atoms with E-state index in [1.54, 1.807) is 13.4 Å². The molecule has 0 aliphatic heterocycles. The van der Waals surface area contributed by atoms with Gasteiger partial charge in [0.15, 0.2) is 0 Å². The lowest BCUT2D eigenvalue weighted by molar-refractivity contribution is 0.183. The van der Waals surface area contributed by atoms with Gasteiger partial charge in [-0.15, -0.1) is 0 Å². The van der Waals surface area contributed by atoms with Crippen molar-refractivity contribution >= 4 is 5.84 Å². The molecule has 1 heterocycles. The zero-order valence-corrected chi connectivity index (χ0v) is 6.96. The molecule has 0 aliphatic carbocycles. The Balaban J connectivity index is 2.69. The van der Waals surface area contributed by atoms with Gasteiger partial charge in [-0.2, -0.15) is 0 Å². The Labute approximate surface area is 70.8 Å². The van der Waals surface area contributed by atoms with E-state index >= 15 is 0 Å². The van der Waals surface area contributed by atoms with E-state index in [9.17, 15) is 0 Å². The summed E-state index contributed by atoms with van der Waals surface area (Å²) in [5.41, 5.74) is 6.18. The minimum absolute atomic E-state index is 0.0994. The van der Waals surface area contributed by atoms with Crippen molar-refractivity contribution in [1.29, 1.82) is 5.41 Å². The van der Waals surface area contributed by atoms with Crippen LogP contribution in [-0.4, -0.2) is 12.9 Å². The highest BCUT2D eigenvalue weighted by molar-refractivity contribution is 5.79. The largest absolute Gasteiger partial charge is 0.468 e. The summed E-state index contributed by atoms with van der Waals surface area (Å²) in [4.78, 5) is 0. The number of hydrogen-bond acceptors (Lipinski definition) is 3. The zero-order valence-electron chi connectivity index (χ0n) is 6.96. The standard InChI is InChI=1S/C8H12N2O2/c1-11-5-6-2-3-12-7(6)4-8(9)10/h2-3H,4-5H2,1H3,(H3,9,10). The lowest BCUT2D eigenvalue weighted by atomic mass is 10.2. The molecule has 0 saturated heterocycles.